The zero-order valence-electron chi connectivity index (χ0n) is 18.5. The van der Waals surface area contributed by atoms with Gasteiger partial charge in [0.15, 0.2) is 0 Å². The van der Waals surface area contributed by atoms with E-state index in [2.05, 4.69) is 26.3 Å². The van der Waals surface area contributed by atoms with Gasteiger partial charge in [-0.15, -0.1) is 5.10 Å². The Morgan fingerprint density at radius 3 is 2.64 bits per heavy atom. The number of nitrogens with one attached hydrogen (secondary N) is 1. The van der Waals surface area contributed by atoms with Crippen LogP contribution in [0.2, 0.25) is 0 Å². The number of rotatable bonds is 4. The van der Waals surface area contributed by atoms with Crippen LogP contribution in [0.5, 0.6) is 0 Å². The summed E-state index contributed by atoms with van der Waals surface area (Å²) in [5, 5.41) is 8.37. The molecular weight excluding hydrogens is 423 g/mol. The molecule has 5 heterocycles. The van der Waals surface area contributed by atoms with Gasteiger partial charge in [-0.05, 0) is 44.7 Å². The van der Waals surface area contributed by atoms with Crippen LogP contribution in [-0.4, -0.2) is 61.9 Å². The first-order valence-electron chi connectivity index (χ1n) is 11.5. The normalized spacial score (nSPS) is 17.3. The lowest BCUT2D eigenvalue weighted by Gasteiger charge is -2.25. The van der Waals surface area contributed by atoms with Crippen LogP contribution < -0.4 is 10.2 Å². The molecule has 0 bridgehead atoms. The van der Waals surface area contributed by atoms with Crippen molar-refractivity contribution in [1.82, 2.24) is 29.5 Å². The summed E-state index contributed by atoms with van der Waals surface area (Å²) in [5.41, 5.74) is 2.32. The van der Waals surface area contributed by atoms with Crippen LogP contribution in [0.4, 0.5) is 16.0 Å². The summed E-state index contributed by atoms with van der Waals surface area (Å²) in [6, 6.07) is 6.75. The second-order valence-corrected chi connectivity index (χ2v) is 8.66. The summed E-state index contributed by atoms with van der Waals surface area (Å²) in [7, 11) is 0. The lowest BCUT2D eigenvalue weighted by molar-refractivity contribution is 0.0903. The molecule has 1 N–H and O–H groups in total. The van der Waals surface area contributed by atoms with Crippen molar-refractivity contribution in [2.45, 2.75) is 38.6 Å². The molecule has 0 aliphatic carbocycles. The van der Waals surface area contributed by atoms with Gasteiger partial charge in [-0.1, -0.05) is 0 Å². The molecule has 3 aromatic heterocycles. The standard InChI is InChI=1S/C23H25FN8O/c1-14-21(27-18-12-15(24)4-5-17(18)25-14)22-29-23-28-19(31-8-2-3-9-31)13-20(32(23)30-22)26-16-6-10-33-11-7-16/h4-5,12-13,16,26H,2-3,6-11H2,1H3. The van der Waals surface area contributed by atoms with Crippen LogP contribution in [0.1, 0.15) is 31.4 Å². The van der Waals surface area contributed by atoms with Crippen LogP contribution >= 0.6 is 0 Å². The van der Waals surface area contributed by atoms with Crippen LogP contribution in [0.15, 0.2) is 24.3 Å². The monoisotopic (exact) mass is 448 g/mol. The number of hydrogen-bond acceptors (Lipinski definition) is 8. The smallest absolute Gasteiger partial charge is 0.256 e. The van der Waals surface area contributed by atoms with Gasteiger partial charge in [0.2, 0.25) is 5.82 Å². The van der Waals surface area contributed by atoms with E-state index in [1.165, 1.54) is 12.1 Å². The average Bonchev–Trinajstić information content (AvgIpc) is 3.50. The van der Waals surface area contributed by atoms with Crippen LogP contribution in [-0.2, 0) is 4.74 Å². The van der Waals surface area contributed by atoms with E-state index in [1.54, 1.807) is 10.6 Å². The van der Waals surface area contributed by atoms with Crippen molar-refractivity contribution in [2.75, 3.05) is 36.5 Å². The summed E-state index contributed by atoms with van der Waals surface area (Å²) in [4.78, 5) is 21.0. The molecule has 2 aliphatic rings. The summed E-state index contributed by atoms with van der Waals surface area (Å²) >= 11 is 0. The molecule has 1 aromatic carbocycles. The van der Waals surface area contributed by atoms with Crippen LogP contribution in [0, 0.1) is 12.7 Å². The van der Waals surface area contributed by atoms with E-state index in [9.17, 15) is 4.39 Å². The number of benzene rings is 1. The van der Waals surface area contributed by atoms with Crippen molar-refractivity contribution in [3.05, 3.63) is 35.8 Å². The lowest BCUT2D eigenvalue weighted by atomic mass is 10.1. The Bertz CT molecular complexity index is 1330. The van der Waals surface area contributed by atoms with E-state index in [0.717, 1.165) is 63.6 Å². The van der Waals surface area contributed by atoms with Crippen LogP contribution in [0.25, 0.3) is 28.3 Å². The summed E-state index contributed by atoms with van der Waals surface area (Å²) < 4.78 is 21.0. The number of nitrogens with zero attached hydrogens (tertiary/aromatic N) is 7. The number of aryl methyl sites for hydroxylation is 1. The quantitative estimate of drug-likeness (QED) is 0.508. The molecule has 6 rings (SSSR count). The maximum atomic E-state index is 13.8. The van der Waals surface area contributed by atoms with E-state index in [1.807, 2.05) is 6.92 Å². The number of anilines is 2. The zero-order valence-corrected chi connectivity index (χ0v) is 18.5. The molecule has 0 saturated carbocycles. The topological polar surface area (TPSA) is 93.4 Å². The minimum atomic E-state index is -0.352. The Kier molecular flexibility index (Phi) is 5.01. The van der Waals surface area contributed by atoms with E-state index >= 15 is 0 Å². The number of halogens is 1. The predicted molar refractivity (Wildman–Crippen MR) is 123 cm³/mol. The zero-order chi connectivity index (χ0) is 22.4. The van der Waals surface area contributed by atoms with Gasteiger partial charge in [-0.25, -0.2) is 14.4 Å². The average molecular weight is 449 g/mol. The molecule has 33 heavy (non-hydrogen) atoms. The van der Waals surface area contributed by atoms with Gasteiger partial charge >= 0.3 is 0 Å². The van der Waals surface area contributed by atoms with Crippen molar-refractivity contribution in [3.63, 3.8) is 0 Å². The first-order valence-corrected chi connectivity index (χ1v) is 11.5. The third-order valence-corrected chi connectivity index (χ3v) is 6.31. The van der Waals surface area contributed by atoms with Gasteiger partial charge in [0.25, 0.3) is 5.78 Å². The highest BCUT2D eigenvalue weighted by atomic mass is 19.1. The first kappa shape index (κ1) is 20.2. The Morgan fingerprint density at radius 1 is 1.00 bits per heavy atom. The molecular formula is C23H25FN8O. The van der Waals surface area contributed by atoms with E-state index in [-0.39, 0.29) is 5.82 Å². The van der Waals surface area contributed by atoms with Gasteiger partial charge in [0.05, 0.1) is 16.7 Å². The van der Waals surface area contributed by atoms with Crippen LogP contribution in [0.3, 0.4) is 0 Å². The molecule has 170 valence electrons. The maximum absolute atomic E-state index is 13.8. The molecule has 9 nitrogen and oxygen atoms in total. The third kappa shape index (κ3) is 3.84. The van der Waals surface area contributed by atoms with E-state index in [4.69, 9.17) is 19.8 Å². The molecule has 0 atom stereocenters. The number of hydrogen-bond donors (Lipinski definition) is 1. The van der Waals surface area contributed by atoms with E-state index in [0.29, 0.717) is 40.1 Å². The Balaban J connectivity index is 1.46. The van der Waals surface area contributed by atoms with Gasteiger partial charge in [0.1, 0.15) is 23.1 Å². The molecule has 0 unspecified atom stereocenters. The number of aromatic nitrogens is 6. The minimum Gasteiger partial charge on any atom is -0.381 e. The molecule has 2 aliphatic heterocycles. The molecule has 4 aromatic rings. The van der Waals surface area contributed by atoms with Gasteiger partial charge in [-0.3, -0.25) is 0 Å². The van der Waals surface area contributed by atoms with Crippen molar-refractivity contribution in [1.29, 1.82) is 0 Å². The second kappa shape index (κ2) is 8.18. The third-order valence-electron chi connectivity index (χ3n) is 6.31. The summed E-state index contributed by atoms with van der Waals surface area (Å²) in [6.45, 7) is 5.33. The molecule has 0 radical (unpaired) electrons. The van der Waals surface area contributed by atoms with Gasteiger partial charge in [-0.2, -0.15) is 14.5 Å². The summed E-state index contributed by atoms with van der Waals surface area (Å²) in [5.74, 6) is 2.33. The molecule has 0 spiro atoms. The fraction of sp³-hybridized carbons (Fsp3) is 0.435. The van der Waals surface area contributed by atoms with Crippen molar-refractivity contribution < 1.29 is 9.13 Å². The molecule has 10 heteroatoms. The summed E-state index contributed by atoms with van der Waals surface area (Å²) in [6.07, 6.45) is 4.20. The van der Waals surface area contributed by atoms with Crippen molar-refractivity contribution in [2.24, 2.45) is 0 Å². The fourth-order valence-electron chi connectivity index (χ4n) is 4.55. The molecule has 2 fully saturated rings. The highest BCUT2D eigenvalue weighted by Crippen LogP contribution is 2.27. The number of fused-ring (bicyclic) bond motifs is 2. The van der Waals surface area contributed by atoms with Gasteiger partial charge in [0, 0.05) is 44.5 Å². The Morgan fingerprint density at radius 2 is 1.82 bits per heavy atom. The maximum Gasteiger partial charge on any atom is 0.256 e. The van der Waals surface area contributed by atoms with Crippen molar-refractivity contribution in [3.8, 4) is 11.5 Å². The highest BCUT2D eigenvalue weighted by molar-refractivity contribution is 5.77. The lowest BCUT2D eigenvalue weighted by Crippen LogP contribution is -2.29. The molecule has 2 saturated heterocycles. The minimum absolute atomic E-state index is 0.300. The largest absolute Gasteiger partial charge is 0.381 e. The SMILES string of the molecule is Cc1nc2ccc(F)cc2nc1-c1nc2nc(N3CCCC3)cc(NC3CCOCC3)n2n1. The second-order valence-electron chi connectivity index (χ2n) is 8.66. The van der Waals surface area contributed by atoms with Gasteiger partial charge < -0.3 is 15.0 Å². The first-order chi connectivity index (χ1) is 16.1. The fourth-order valence-corrected chi connectivity index (χ4v) is 4.55. The van der Waals surface area contributed by atoms with Crippen molar-refractivity contribution >= 4 is 28.4 Å². The Hall–Kier alpha value is -3.40. The Labute approximate surface area is 190 Å². The number of ether oxygens (including phenoxy) is 1. The predicted octanol–water partition coefficient (Wildman–Crippen LogP) is 3.37. The van der Waals surface area contributed by atoms with E-state index < -0.39 is 0 Å². The highest BCUT2D eigenvalue weighted by Gasteiger charge is 2.22. The molecule has 0 amide bonds.